The highest BCUT2D eigenvalue weighted by molar-refractivity contribution is 5.91. The highest BCUT2D eigenvalue weighted by Gasteiger charge is 2.28. The molecule has 0 unspecified atom stereocenters. The Morgan fingerprint density at radius 3 is 2.36 bits per heavy atom. The van der Waals surface area contributed by atoms with Crippen molar-refractivity contribution in [1.29, 1.82) is 0 Å². The van der Waals surface area contributed by atoms with Gasteiger partial charge in [-0.1, -0.05) is 25.7 Å². The lowest BCUT2D eigenvalue weighted by Crippen LogP contribution is -2.36. The van der Waals surface area contributed by atoms with Gasteiger partial charge in [0.05, 0.1) is 25.3 Å². The molecule has 4 N–H and O–H groups in total. The number of aromatic nitrogens is 2. The van der Waals surface area contributed by atoms with E-state index in [2.05, 4.69) is 15.3 Å². The number of methoxy groups -OCH3 is 2. The fourth-order valence-corrected chi connectivity index (χ4v) is 3.37. The van der Waals surface area contributed by atoms with Crippen molar-refractivity contribution in [2.24, 2.45) is 0 Å². The monoisotopic (exact) mass is 346 g/mol. The van der Waals surface area contributed by atoms with E-state index in [1.54, 1.807) is 26.4 Å². The number of hydrogen-bond donors (Lipinski definition) is 3. The molecular formula is C18H26N4O3. The zero-order valence-corrected chi connectivity index (χ0v) is 14.8. The molecule has 1 aliphatic carbocycles. The quantitative estimate of drug-likeness (QED) is 0.715. The van der Waals surface area contributed by atoms with Crippen LogP contribution < -0.4 is 20.5 Å². The highest BCUT2D eigenvalue weighted by Crippen LogP contribution is 2.34. The van der Waals surface area contributed by atoms with Crippen molar-refractivity contribution in [2.45, 2.75) is 44.1 Å². The first-order valence-corrected chi connectivity index (χ1v) is 8.70. The van der Waals surface area contributed by atoms with Crippen LogP contribution >= 0.6 is 0 Å². The molecule has 0 radical (unpaired) electrons. The first kappa shape index (κ1) is 17.5. The molecule has 0 amide bonds. The fraction of sp³-hybridized carbons (Fsp3) is 0.556. The van der Waals surface area contributed by atoms with Crippen LogP contribution in [0.5, 0.6) is 11.5 Å². The summed E-state index contributed by atoms with van der Waals surface area (Å²) in [5.41, 5.74) is 6.05. The predicted octanol–water partition coefficient (Wildman–Crippen LogP) is 2.73. The number of hydrogen-bond acceptors (Lipinski definition) is 7. The maximum atomic E-state index is 10.8. The largest absolute Gasteiger partial charge is 0.493 e. The summed E-state index contributed by atoms with van der Waals surface area (Å²) in [5, 5.41) is 14.6. The number of anilines is 2. The average molecular weight is 346 g/mol. The molecule has 0 spiro atoms. The second-order valence-electron chi connectivity index (χ2n) is 6.65. The van der Waals surface area contributed by atoms with Gasteiger partial charge in [-0.3, -0.25) is 0 Å². The topological polar surface area (TPSA) is 103 Å². The van der Waals surface area contributed by atoms with Crippen LogP contribution in [0.15, 0.2) is 12.1 Å². The van der Waals surface area contributed by atoms with E-state index in [1.807, 2.05) is 0 Å². The molecule has 25 heavy (non-hydrogen) atoms. The molecule has 1 fully saturated rings. The van der Waals surface area contributed by atoms with Gasteiger partial charge in [0.2, 0.25) is 5.95 Å². The molecule has 1 heterocycles. The van der Waals surface area contributed by atoms with Gasteiger partial charge in [-0.25, -0.2) is 4.98 Å². The van der Waals surface area contributed by atoms with Gasteiger partial charge in [-0.05, 0) is 18.9 Å². The lowest BCUT2D eigenvalue weighted by atomic mass is 9.95. The molecule has 7 nitrogen and oxygen atoms in total. The first-order valence-electron chi connectivity index (χ1n) is 8.70. The van der Waals surface area contributed by atoms with Crippen LogP contribution in [0.2, 0.25) is 0 Å². The third kappa shape index (κ3) is 3.87. The zero-order chi connectivity index (χ0) is 17.9. The van der Waals surface area contributed by atoms with Crippen molar-refractivity contribution < 1.29 is 14.6 Å². The van der Waals surface area contributed by atoms with Crippen LogP contribution in [0, 0.1) is 0 Å². The number of rotatable bonds is 5. The van der Waals surface area contributed by atoms with Crippen LogP contribution in [-0.4, -0.2) is 41.4 Å². The van der Waals surface area contributed by atoms with Gasteiger partial charge < -0.3 is 25.6 Å². The summed E-state index contributed by atoms with van der Waals surface area (Å²) >= 11 is 0. The number of fused-ring (bicyclic) bond motifs is 1. The molecule has 1 aliphatic rings. The molecule has 1 aromatic carbocycles. The number of benzene rings is 1. The van der Waals surface area contributed by atoms with Crippen LogP contribution in [0.3, 0.4) is 0 Å². The maximum absolute atomic E-state index is 10.8. The molecule has 136 valence electrons. The summed E-state index contributed by atoms with van der Waals surface area (Å²) < 4.78 is 10.6. The Morgan fingerprint density at radius 2 is 1.72 bits per heavy atom. The molecule has 3 rings (SSSR count). The number of aliphatic hydroxyl groups is 1. The van der Waals surface area contributed by atoms with E-state index in [4.69, 9.17) is 15.2 Å². The Hall–Kier alpha value is -2.28. The average Bonchev–Trinajstić information content (AvgIpc) is 2.84. The fourth-order valence-electron chi connectivity index (χ4n) is 3.37. The lowest BCUT2D eigenvalue weighted by Gasteiger charge is -2.26. The van der Waals surface area contributed by atoms with E-state index in [0.29, 0.717) is 40.7 Å². The third-order valence-corrected chi connectivity index (χ3v) is 4.84. The molecule has 7 heteroatoms. The number of ether oxygens (including phenoxy) is 2. The molecule has 0 bridgehead atoms. The minimum Gasteiger partial charge on any atom is -0.493 e. The normalized spacial score (nSPS) is 17.1. The minimum absolute atomic E-state index is 0.362. The zero-order valence-electron chi connectivity index (χ0n) is 14.8. The van der Waals surface area contributed by atoms with Crippen molar-refractivity contribution in [2.75, 3.05) is 31.8 Å². The summed E-state index contributed by atoms with van der Waals surface area (Å²) in [6.45, 7) is 0.422. The van der Waals surface area contributed by atoms with Crippen LogP contribution in [-0.2, 0) is 0 Å². The predicted molar refractivity (Wildman–Crippen MR) is 98.2 cm³/mol. The van der Waals surface area contributed by atoms with E-state index in [0.717, 1.165) is 25.7 Å². The summed E-state index contributed by atoms with van der Waals surface area (Å²) in [7, 11) is 3.15. The molecule has 0 saturated heterocycles. The Bertz CT molecular complexity index is 743. The van der Waals surface area contributed by atoms with Gasteiger partial charge in [0.1, 0.15) is 5.82 Å². The lowest BCUT2D eigenvalue weighted by molar-refractivity contribution is 0.0380. The highest BCUT2D eigenvalue weighted by atomic mass is 16.5. The first-order chi connectivity index (χ1) is 12.0. The number of nitrogens with zero attached hydrogens (tertiary/aromatic N) is 2. The second-order valence-corrected chi connectivity index (χ2v) is 6.65. The van der Waals surface area contributed by atoms with E-state index >= 15 is 0 Å². The Kier molecular flexibility index (Phi) is 5.13. The van der Waals surface area contributed by atoms with Gasteiger partial charge in [-0.2, -0.15) is 4.98 Å². The second kappa shape index (κ2) is 7.31. The van der Waals surface area contributed by atoms with Gasteiger partial charge in [0, 0.05) is 18.0 Å². The Balaban J connectivity index is 1.84. The van der Waals surface area contributed by atoms with Crippen LogP contribution in [0.25, 0.3) is 10.9 Å². The van der Waals surface area contributed by atoms with Gasteiger partial charge in [-0.15, -0.1) is 0 Å². The smallest absolute Gasteiger partial charge is 0.225 e. The van der Waals surface area contributed by atoms with E-state index in [9.17, 15) is 5.11 Å². The molecule has 0 atom stereocenters. The molecule has 1 saturated carbocycles. The summed E-state index contributed by atoms with van der Waals surface area (Å²) in [6, 6.07) is 3.55. The van der Waals surface area contributed by atoms with Gasteiger partial charge in [0.25, 0.3) is 0 Å². The summed E-state index contributed by atoms with van der Waals surface area (Å²) in [6.07, 6.45) is 6.07. The maximum Gasteiger partial charge on any atom is 0.225 e. The van der Waals surface area contributed by atoms with E-state index in [1.165, 1.54) is 12.8 Å². The van der Waals surface area contributed by atoms with E-state index < -0.39 is 5.60 Å². The third-order valence-electron chi connectivity index (χ3n) is 4.84. The molecule has 1 aromatic heterocycles. The number of nitrogen functional groups attached to an aromatic ring is 1. The SMILES string of the molecule is COc1cc2nc(NCC3(O)CCCCCC3)nc(N)c2cc1OC. The molecule has 2 aromatic rings. The Labute approximate surface area is 147 Å². The molecular weight excluding hydrogens is 320 g/mol. The number of nitrogens with two attached hydrogens (primary N) is 1. The van der Waals surface area contributed by atoms with Crippen molar-refractivity contribution in [3.05, 3.63) is 12.1 Å². The molecule has 0 aliphatic heterocycles. The van der Waals surface area contributed by atoms with Gasteiger partial charge in [0.15, 0.2) is 11.5 Å². The van der Waals surface area contributed by atoms with Gasteiger partial charge >= 0.3 is 0 Å². The van der Waals surface area contributed by atoms with Crippen molar-refractivity contribution in [3.63, 3.8) is 0 Å². The van der Waals surface area contributed by atoms with Crippen molar-refractivity contribution in [3.8, 4) is 11.5 Å². The minimum atomic E-state index is -0.707. The standard InChI is InChI=1S/C18H26N4O3/c1-24-14-9-12-13(10-15(14)25-2)21-17(22-16(12)19)20-11-18(23)7-5-3-4-6-8-18/h9-10,23H,3-8,11H2,1-2H3,(H3,19,20,21,22). The summed E-state index contributed by atoms with van der Waals surface area (Å²) in [4.78, 5) is 8.83. The van der Waals surface area contributed by atoms with Crippen LogP contribution in [0.1, 0.15) is 38.5 Å². The Morgan fingerprint density at radius 1 is 1.08 bits per heavy atom. The van der Waals surface area contributed by atoms with E-state index in [-0.39, 0.29) is 0 Å². The van der Waals surface area contributed by atoms with Crippen LogP contribution in [0.4, 0.5) is 11.8 Å². The summed E-state index contributed by atoms with van der Waals surface area (Å²) in [5.74, 6) is 1.94. The van der Waals surface area contributed by atoms with Crippen molar-refractivity contribution >= 4 is 22.7 Å². The number of nitrogens with one attached hydrogen (secondary N) is 1. The van der Waals surface area contributed by atoms with Crippen molar-refractivity contribution in [1.82, 2.24) is 9.97 Å².